The lowest BCUT2D eigenvalue weighted by atomic mass is 10.00. The summed E-state index contributed by atoms with van der Waals surface area (Å²) in [5.41, 5.74) is 5.45. The maximum Gasteiger partial charge on any atom is 0.320 e. The van der Waals surface area contributed by atoms with Gasteiger partial charge in [0, 0.05) is 55.9 Å². The van der Waals surface area contributed by atoms with Gasteiger partial charge >= 0.3 is 6.03 Å². The predicted octanol–water partition coefficient (Wildman–Crippen LogP) is 4.26. The Balaban J connectivity index is 1.32. The van der Waals surface area contributed by atoms with E-state index in [-0.39, 0.29) is 25.3 Å². The van der Waals surface area contributed by atoms with Crippen molar-refractivity contribution in [2.45, 2.75) is 38.3 Å². The summed E-state index contributed by atoms with van der Waals surface area (Å²) in [6.07, 6.45) is 6.24. The quantitative estimate of drug-likeness (QED) is 0.399. The van der Waals surface area contributed by atoms with E-state index in [1.54, 1.807) is 23.2 Å². The van der Waals surface area contributed by atoms with Crippen molar-refractivity contribution in [1.29, 1.82) is 5.26 Å². The molecule has 11 heteroatoms. The van der Waals surface area contributed by atoms with Crippen LogP contribution in [0.15, 0.2) is 48.9 Å². The van der Waals surface area contributed by atoms with Crippen LogP contribution in [-0.2, 0) is 17.9 Å². The van der Waals surface area contributed by atoms with Gasteiger partial charge in [-0.25, -0.2) is 18.6 Å². The molecule has 0 radical (unpaired) electrons. The minimum atomic E-state index is -2.90. The number of urea groups is 1. The molecule has 3 aliphatic heterocycles. The highest BCUT2D eigenvalue weighted by atomic mass is 19.3. The predicted molar refractivity (Wildman–Crippen MR) is 148 cm³/mol. The van der Waals surface area contributed by atoms with Crippen molar-refractivity contribution in [3.05, 3.63) is 71.3 Å². The molecule has 0 unspecified atom stereocenters. The number of likely N-dealkylation sites (tertiary alicyclic amines) is 1. The van der Waals surface area contributed by atoms with Crippen LogP contribution in [-0.4, -0.2) is 67.7 Å². The Morgan fingerprint density at radius 2 is 2.00 bits per heavy atom. The molecule has 9 nitrogen and oxygen atoms in total. The first-order chi connectivity index (χ1) is 19.8. The second kappa shape index (κ2) is 9.44. The molecule has 0 aliphatic carbocycles. The molecule has 0 saturated carbocycles. The fraction of sp³-hybridized carbons (Fsp3) is 0.333. The van der Waals surface area contributed by atoms with Crippen LogP contribution in [0.5, 0.6) is 0 Å². The lowest BCUT2D eigenvalue weighted by molar-refractivity contribution is -0.112. The Kier molecular flexibility index (Phi) is 5.81. The summed E-state index contributed by atoms with van der Waals surface area (Å²) in [5.74, 6) is -2.95. The summed E-state index contributed by atoms with van der Waals surface area (Å²) < 4.78 is 32.6. The van der Waals surface area contributed by atoms with Gasteiger partial charge in [-0.2, -0.15) is 5.26 Å². The second-order valence-corrected chi connectivity index (χ2v) is 10.9. The molecule has 3 aromatic heterocycles. The minimum absolute atomic E-state index is 0.0543. The maximum atomic E-state index is 14.3. The van der Waals surface area contributed by atoms with Gasteiger partial charge in [-0.1, -0.05) is 6.07 Å². The number of ketones is 1. The Hall–Kier alpha value is -4.72. The van der Waals surface area contributed by atoms with E-state index in [0.717, 1.165) is 27.7 Å². The zero-order valence-corrected chi connectivity index (χ0v) is 22.2. The first kappa shape index (κ1) is 25.3. The van der Waals surface area contributed by atoms with E-state index in [0.29, 0.717) is 55.0 Å². The number of imidazole rings is 1. The topological polar surface area (TPSA) is 98.7 Å². The molecule has 0 bridgehead atoms. The number of carbonyl (C=O) groups is 2. The summed E-state index contributed by atoms with van der Waals surface area (Å²) in [4.78, 5) is 34.0. The number of carbonyl (C=O) groups excluding carboxylic acids is 2. The van der Waals surface area contributed by atoms with E-state index in [9.17, 15) is 23.6 Å². The number of nitrogens with one attached hydrogen (secondary N) is 1. The second-order valence-electron chi connectivity index (χ2n) is 10.9. The van der Waals surface area contributed by atoms with Crippen LogP contribution < -0.4 is 5.32 Å². The number of alkyl halides is 2. The van der Waals surface area contributed by atoms with Crippen molar-refractivity contribution in [1.82, 2.24) is 29.1 Å². The standard InChI is InChI=1S/C30H27F2N7O2/c31-30(32)6-2-4-7-38(18-30)29(41)37-10-9-36-17-22(21-12-19(13-33)11-20(16-37)28(21)36)27-26(24(40)15-35-27)23-14-34-25-5-1-3-8-39(23)25/h1,3,5,8,11-12,14,17,35H,2,4,6-7,9-10,15-16,18H2. The monoisotopic (exact) mass is 555 g/mol. The van der Waals surface area contributed by atoms with E-state index in [1.165, 1.54) is 4.90 Å². The number of pyridine rings is 1. The molecule has 2 amide bonds. The first-order valence-corrected chi connectivity index (χ1v) is 13.7. The highest BCUT2D eigenvalue weighted by molar-refractivity contribution is 6.32. The zero-order valence-electron chi connectivity index (χ0n) is 22.2. The third-order valence-corrected chi connectivity index (χ3v) is 8.23. The fourth-order valence-electron chi connectivity index (χ4n) is 6.36. The van der Waals surface area contributed by atoms with Gasteiger partial charge in [0.15, 0.2) is 5.78 Å². The Morgan fingerprint density at radius 1 is 1.12 bits per heavy atom. The molecular weight excluding hydrogens is 528 g/mol. The van der Waals surface area contributed by atoms with Gasteiger partial charge < -0.3 is 19.7 Å². The van der Waals surface area contributed by atoms with Gasteiger partial charge in [-0.3, -0.25) is 9.20 Å². The summed E-state index contributed by atoms with van der Waals surface area (Å²) in [7, 11) is 0. The molecular formula is C30H27F2N7O2. The molecule has 6 heterocycles. The average molecular weight is 556 g/mol. The molecule has 3 aliphatic rings. The number of hydrogen-bond donors (Lipinski definition) is 1. The number of aromatic nitrogens is 3. The van der Waals surface area contributed by atoms with Crippen LogP contribution >= 0.6 is 0 Å². The number of hydrogen-bond acceptors (Lipinski definition) is 5. The third-order valence-electron chi connectivity index (χ3n) is 8.23. The lowest BCUT2D eigenvalue weighted by Gasteiger charge is -2.30. The Morgan fingerprint density at radius 3 is 2.85 bits per heavy atom. The Labute approximate surface area is 234 Å². The Bertz CT molecular complexity index is 1810. The van der Waals surface area contributed by atoms with E-state index in [2.05, 4.69) is 16.4 Å². The summed E-state index contributed by atoms with van der Waals surface area (Å²) in [5, 5.41) is 13.9. The van der Waals surface area contributed by atoms with Gasteiger partial charge in [0.05, 0.1) is 53.4 Å². The van der Waals surface area contributed by atoms with Gasteiger partial charge in [-0.15, -0.1) is 0 Å². The number of nitrogens with zero attached hydrogens (tertiary/aromatic N) is 6. The molecule has 0 atom stereocenters. The largest absolute Gasteiger partial charge is 0.376 e. The van der Waals surface area contributed by atoms with Crippen LogP contribution in [0.4, 0.5) is 13.6 Å². The molecule has 0 spiro atoms. The molecule has 1 fully saturated rings. The molecule has 1 saturated heterocycles. The molecule has 41 heavy (non-hydrogen) atoms. The van der Waals surface area contributed by atoms with Gasteiger partial charge in [0.25, 0.3) is 5.92 Å². The highest BCUT2D eigenvalue weighted by Crippen LogP contribution is 2.38. The molecule has 208 valence electrons. The summed E-state index contributed by atoms with van der Waals surface area (Å²) >= 11 is 0. The first-order valence-electron chi connectivity index (χ1n) is 13.7. The van der Waals surface area contributed by atoms with Gasteiger partial charge in [-0.05, 0) is 42.7 Å². The normalized spacial score (nSPS) is 18.9. The van der Waals surface area contributed by atoms with Crippen molar-refractivity contribution >= 4 is 39.6 Å². The van der Waals surface area contributed by atoms with Crippen molar-refractivity contribution in [3.8, 4) is 6.07 Å². The number of nitriles is 1. The minimum Gasteiger partial charge on any atom is -0.376 e. The third kappa shape index (κ3) is 4.22. The van der Waals surface area contributed by atoms with Gasteiger partial charge in [0.1, 0.15) is 5.65 Å². The molecule has 1 N–H and O–H groups in total. The number of benzene rings is 1. The van der Waals surface area contributed by atoms with E-state index in [4.69, 9.17) is 0 Å². The average Bonchev–Trinajstić information content (AvgIpc) is 3.58. The van der Waals surface area contributed by atoms with Gasteiger partial charge in [0.2, 0.25) is 0 Å². The maximum absolute atomic E-state index is 14.3. The summed E-state index contributed by atoms with van der Waals surface area (Å²) in [6.45, 7) is 0.831. The number of amides is 2. The van der Waals surface area contributed by atoms with Crippen LogP contribution in [0.25, 0.3) is 27.8 Å². The smallest absolute Gasteiger partial charge is 0.320 e. The van der Waals surface area contributed by atoms with Crippen molar-refractivity contribution in [2.24, 2.45) is 0 Å². The van der Waals surface area contributed by atoms with Crippen LogP contribution in [0.2, 0.25) is 0 Å². The highest BCUT2D eigenvalue weighted by Gasteiger charge is 2.37. The van der Waals surface area contributed by atoms with E-state index >= 15 is 0 Å². The number of Topliss-reactive ketones (excluding diaryl/α,β-unsaturated/α-hetero) is 1. The number of fused-ring (bicyclic) bond motifs is 1. The summed E-state index contributed by atoms with van der Waals surface area (Å²) in [6, 6.07) is 11.0. The molecule has 1 aromatic carbocycles. The van der Waals surface area contributed by atoms with Crippen molar-refractivity contribution < 1.29 is 18.4 Å². The SMILES string of the molecule is N#Cc1cc2c3c(c1)c(C1=C(c4cnc5ccccn45)C(=O)CN1)cn3CCN(C(=O)N1CCCCC(F)(F)C1)C2. The lowest BCUT2D eigenvalue weighted by Crippen LogP contribution is -2.47. The zero-order chi connectivity index (χ0) is 28.3. The number of halogens is 2. The molecule has 4 aromatic rings. The van der Waals surface area contributed by atoms with Crippen LogP contribution in [0, 0.1) is 11.3 Å². The van der Waals surface area contributed by atoms with Crippen LogP contribution in [0.3, 0.4) is 0 Å². The van der Waals surface area contributed by atoms with Crippen molar-refractivity contribution in [2.75, 3.05) is 26.2 Å². The number of rotatable bonds is 2. The fourth-order valence-corrected chi connectivity index (χ4v) is 6.36. The van der Waals surface area contributed by atoms with Crippen LogP contribution in [0.1, 0.15) is 41.6 Å². The van der Waals surface area contributed by atoms with Crippen molar-refractivity contribution in [3.63, 3.8) is 0 Å². The molecule has 7 rings (SSSR count). The van der Waals surface area contributed by atoms with E-state index < -0.39 is 18.5 Å². The van der Waals surface area contributed by atoms with E-state index in [1.807, 2.05) is 39.6 Å².